The molecule has 0 spiro atoms. The van der Waals surface area contributed by atoms with Crippen LogP contribution in [0.15, 0.2) is 12.3 Å². The summed E-state index contributed by atoms with van der Waals surface area (Å²) in [5.74, 6) is 0.342. The molecule has 3 aromatic heterocycles. The molecule has 4 aliphatic heterocycles. The Bertz CT molecular complexity index is 1560. The second-order valence-electron chi connectivity index (χ2n) is 12.3. The monoisotopic (exact) mass is 604 g/mol. The first kappa shape index (κ1) is 28.4. The van der Waals surface area contributed by atoms with Gasteiger partial charge in [-0.2, -0.15) is 23.1 Å². The van der Waals surface area contributed by atoms with Gasteiger partial charge in [0.05, 0.1) is 27.7 Å². The van der Waals surface area contributed by atoms with E-state index in [1.807, 2.05) is 0 Å². The van der Waals surface area contributed by atoms with E-state index in [1.165, 1.54) is 13.1 Å². The van der Waals surface area contributed by atoms with E-state index in [1.54, 1.807) is 0 Å². The van der Waals surface area contributed by atoms with Crippen LogP contribution in [0, 0.1) is 6.92 Å². The first-order valence-electron chi connectivity index (χ1n) is 14.7. The summed E-state index contributed by atoms with van der Waals surface area (Å²) in [6, 6.07) is 1.60. The fraction of sp³-hybridized carbons (Fsp3) is 0.586. The van der Waals surface area contributed by atoms with E-state index < -0.39 is 35.8 Å². The smallest absolute Gasteiger partial charge is 0.418 e. The van der Waals surface area contributed by atoms with E-state index in [9.17, 15) is 22.0 Å². The Labute approximate surface area is 245 Å². The van der Waals surface area contributed by atoms with Crippen molar-refractivity contribution >= 4 is 22.5 Å². The van der Waals surface area contributed by atoms with Gasteiger partial charge in [0.1, 0.15) is 36.8 Å². The van der Waals surface area contributed by atoms with Gasteiger partial charge in [-0.3, -0.25) is 9.88 Å². The van der Waals surface area contributed by atoms with Crippen molar-refractivity contribution in [2.24, 2.45) is 0 Å². The predicted octanol–water partition coefficient (Wildman–Crippen LogP) is 4.36. The molecule has 3 N–H and O–H groups in total. The fourth-order valence-electron chi connectivity index (χ4n) is 7.59. The third-order valence-corrected chi connectivity index (χ3v) is 9.42. The van der Waals surface area contributed by atoms with Crippen molar-refractivity contribution in [3.8, 4) is 17.4 Å². The van der Waals surface area contributed by atoms with Crippen LogP contribution in [0.1, 0.15) is 48.8 Å². The summed E-state index contributed by atoms with van der Waals surface area (Å²) in [6.45, 7) is 2.70. The Morgan fingerprint density at radius 3 is 2.60 bits per heavy atom. The number of piperazine rings is 1. The van der Waals surface area contributed by atoms with E-state index in [0.29, 0.717) is 37.3 Å². The number of aryl methyl sites for hydroxylation is 1. The number of alkyl halides is 5. The molecule has 14 heteroatoms. The average Bonchev–Trinajstić information content (AvgIpc) is 3.59. The molecular weight excluding hydrogens is 571 g/mol. The lowest BCUT2D eigenvalue weighted by atomic mass is 9.95. The van der Waals surface area contributed by atoms with Crippen LogP contribution >= 0.6 is 0 Å². The summed E-state index contributed by atoms with van der Waals surface area (Å²) >= 11 is 0. The Kier molecular flexibility index (Phi) is 6.84. The number of pyridine rings is 2. The molecule has 4 atom stereocenters. The second kappa shape index (κ2) is 10.4. The topological polar surface area (TPSA) is 105 Å². The highest BCUT2D eigenvalue weighted by Crippen LogP contribution is 2.43. The molecule has 0 saturated carbocycles. The highest BCUT2D eigenvalue weighted by molar-refractivity contribution is 5.94. The van der Waals surface area contributed by atoms with Gasteiger partial charge < -0.3 is 20.7 Å². The minimum absolute atomic E-state index is 0.0310. The van der Waals surface area contributed by atoms with Crippen molar-refractivity contribution in [1.82, 2.24) is 30.2 Å². The highest BCUT2D eigenvalue weighted by Gasteiger charge is 2.49. The lowest BCUT2D eigenvalue weighted by Gasteiger charge is -2.34. The molecule has 9 nitrogen and oxygen atoms in total. The molecule has 2 bridgehead atoms. The lowest BCUT2D eigenvalue weighted by Crippen LogP contribution is -2.51. The van der Waals surface area contributed by atoms with Crippen LogP contribution < -0.4 is 20.7 Å². The third kappa shape index (κ3) is 4.91. The number of nitrogens with one attached hydrogen (secondary N) is 1. The zero-order chi connectivity index (χ0) is 30.1. The van der Waals surface area contributed by atoms with E-state index in [0.717, 1.165) is 38.3 Å². The molecule has 0 aliphatic carbocycles. The van der Waals surface area contributed by atoms with Crippen LogP contribution in [0.3, 0.4) is 0 Å². The molecule has 4 aliphatic rings. The third-order valence-electron chi connectivity index (χ3n) is 9.42. The van der Waals surface area contributed by atoms with E-state index >= 15 is 0 Å². The molecule has 7 rings (SSSR count). The van der Waals surface area contributed by atoms with Crippen molar-refractivity contribution in [3.05, 3.63) is 29.0 Å². The summed E-state index contributed by atoms with van der Waals surface area (Å²) < 4.78 is 78.2. The number of ether oxygens (including phenoxy) is 1. The molecule has 0 amide bonds. The van der Waals surface area contributed by atoms with E-state index in [-0.39, 0.29) is 52.9 Å². The quantitative estimate of drug-likeness (QED) is 0.397. The standard InChI is InChI=1S/C29H33F5N8O/c1-15-7-21(35)38-25(22(15)29(32,33)34)24-19(9-30)23-20(10-36-24)26(41-12-17-3-4-18(13-41)37-17)40-27(39-23)43-14-28-5-2-6-42(28)11-16(31)8-28/h7,10,16-18,37H,2-6,8-9,11-14H2,1H3,(H2,35,38)/t16-,17?,18?,28+/m0/s1. The predicted molar refractivity (Wildman–Crippen MR) is 150 cm³/mol. The molecule has 0 aromatic carbocycles. The number of nitrogens with zero attached hydrogens (tertiary/aromatic N) is 6. The molecule has 2 unspecified atom stereocenters. The number of nitrogen functional groups attached to an aromatic ring is 1. The van der Waals surface area contributed by atoms with Gasteiger partial charge >= 0.3 is 12.2 Å². The van der Waals surface area contributed by atoms with Gasteiger partial charge in [0.25, 0.3) is 0 Å². The SMILES string of the molecule is Cc1cc(N)nc(-c2ncc3c(N4CC5CCC(C4)N5)nc(OC[C@]45CCCN4C[C@@H](F)C5)nc3c2CF)c1C(F)(F)F. The van der Waals surface area contributed by atoms with Crippen molar-refractivity contribution in [2.75, 3.05) is 43.4 Å². The molecular formula is C29H33F5N8O. The zero-order valence-corrected chi connectivity index (χ0v) is 23.7. The molecule has 3 aromatic rings. The molecule has 4 fully saturated rings. The molecule has 0 radical (unpaired) electrons. The number of aromatic nitrogens is 4. The zero-order valence-electron chi connectivity index (χ0n) is 23.7. The summed E-state index contributed by atoms with van der Waals surface area (Å²) in [5, 5.41) is 3.97. The summed E-state index contributed by atoms with van der Waals surface area (Å²) in [7, 11) is 0. The van der Waals surface area contributed by atoms with Crippen LogP contribution in [0.2, 0.25) is 0 Å². The van der Waals surface area contributed by atoms with Gasteiger partial charge in [0, 0.05) is 49.9 Å². The van der Waals surface area contributed by atoms with Crippen LogP contribution in [0.4, 0.5) is 33.6 Å². The maximum atomic E-state index is 15.0. The minimum atomic E-state index is -4.78. The van der Waals surface area contributed by atoms with Crippen LogP contribution in [-0.4, -0.2) is 81.4 Å². The van der Waals surface area contributed by atoms with Gasteiger partial charge in [-0.05, 0) is 50.8 Å². The van der Waals surface area contributed by atoms with Gasteiger partial charge in [-0.25, -0.2) is 13.8 Å². The maximum absolute atomic E-state index is 15.0. The number of nitrogens with two attached hydrogens (primary N) is 1. The number of anilines is 2. The first-order valence-corrected chi connectivity index (χ1v) is 14.7. The van der Waals surface area contributed by atoms with Crippen molar-refractivity contribution in [2.45, 2.75) is 75.7 Å². The number of halogens is 5. The number of fused-ring (bicyclic) bond motifs is 4. The van der Waals surface area contributed by atoms with Crippen molar-refractivity contribution < 1.29 is 26.7 Å². The van der Waals surface area contributed by atoms with Gasteiger partial charge in [0.15, 0.2) is 0 Å². The van der Waals surface area contributed by atoms with E-state index in [4.69, 9.17) is 15.5 Å². The summed E-state index contributed by atoms with van der Waals surface area (Å²) in [5.41, 5.74) is 3.31. The molecule has 7 heterocycles. The van der Waals surface area contributed by atoms with Crippen molar-refractivity contribution in [1.29, 1.82) is 0 Å². The Morgan fingerprint density at radius 2 is 1.88 bits per heavy atom. The molecule has 230 valence electrons. The Hall–Kier alpha value is -3.39. The fourth-order valence-corrected chi connectivity index (χ4v) is 7.59. The van der Waals surface area contributed by atoms with Crippen LogP contribution in [0.5, 0.6) is 6.01 Å². The Morgan fingerprint density at radius 1 is 1.12 bits per heavy atom. The lowest BCUT2D eigenvalue weighted by molar-refractivity contribution is -0.137. The van der Waals surface area contributed by atoms with Gasteiger partial charge in [-0.1, -0.05) is 0 Å². The average molecular weight is 605 g/mol. The maximum Gasteiger partial charge on any atom is 0.418 e. The second-order valence-corrected chi connectivity index (χ2v) is 12.3. The normalized spacial score (nSPS) is 27.3. The van der Waals surface area contributed by atoms with E-state index in [2.05, 4.69) is 30.1 Å². The summed E-state index contributed by atoms with van der Waals surface area (Å²) in [4.78, 5) is 21.8. The largest absolute Gasteiger partial charge is 0.461 e. The molecule has 43 heavy (non-hydrogen) atoms. The number of hydrogen-bond donors (Lipinski definition) is 2. The Balaban J connectivity index is 1.37. The molecule has 4 saturated heterocycles. The van der Waals surface area contributed by atoms with Gasteiger partial charge in [-0.15, -0.1) is 0 Å². The number of rotatable bonds is 6. The first-order chi connectivity index (χ1) is 20.5. The van der Waals surface area contributed by atoms with Crippen molar-refractivity contribution in [3.63, 3.8) is 0 Å². The minimum Gasteiger partial charge on any atom is -0.461 e. The summed E-state index contributed by atoms with van der Waals surface area (Å²) in [6.07, 6.45) is -0.272. The van der Waals surface area contributed by atoms with Gasteiger partial charge in [0.2, 0.25) is 0 Å². The van der Waals surface area contributed by atoms with Crippen LogP contribution in [-0.2, 0) is 12.9 Å². The highest BCUT2D eigenvalue weighted by atomic mass is 19.4. The van der Waals surface area contributed by atoms with Crippen LogP contribution in [0.25, 0.3) is 22.3 Å². The number of hydrogen-bond acceptors (Lipinski definition) is 9.